The molecule has 1 aliphatic carbocycles. The van der Waals surface area contributed by atoms with Gasteiger partial charge in [-0.15, -0.1) is 0 Å². The maximum Gasteiger partial charge on any atom is 0.193 e. The van der Waals surface area contributed by atoms with E-state index in [1.807, 2.05) is 48.5 Å². The number of rotatable bonds is 0. The predicted molar refractivity (Wildman–Crippen MR) is 71.4 cm³/mol. The summed E-state index contributed by atoms with van der Waals surface area (Å²) in [6.45, 7) is 0. The Morgan fingerprint density at radius 3 is 2.32 bits per heavy atom. The van der Waals surface area contributed by atoms with Crippen LogP contribution in [0.3, 0.4) is 0 Å². The van der Waals surface area contributed by atoms with Crippen molar-refractivity contribution in [1.82, 2.24) is 0 Å². The van der Waals surface area contributed by atoms with Crippen molar-refractivity contribution in [3.8, 4) is 0 Å². The Morgan fingerprint density at radius 2 is 1.53 bits per heavy atom. The van der Waals surface area contributed by atoms with Crippen LogP contribution in [-0.4, -0.2) is 12.2 Å². The van der Waals surface area contributed by atoms with Crippen LogP contribution in [0.2, 0.25) is 0 Å². The van der Waals surface area contributed by atoms with Crippen molar-refractivity contribution in [3.05, 3.63) is 70.8 Å². The molecule has 0 saturated carbocycles. The standard InChI is InChI=1S/C16H11NO2/c18-15-11-6-2-1-5-10(11)14-16(19-9-17-14)13-8-4-3-7-12(13)15/h1-9,14,16H. The molecular weight excluding hydrogens is 238 g/mol. The second kappa shape index (κ2) is 3.79. The highest BCUT2D eigenvalue weighted by Crippen LogP contribution is 2.43. The quantitative estimate of drug-likeness (QED) is 0.719. The van der Waals surface area contributed by atoms with Gasteiger partial charge in [0.15, 0.2) is 18.3 Å². The van der Waals surface area contributed by atoms with Gasteiger partial charge in [-0.1, -0.05) is 48.5 Å². The highest BCUT2D eigenvalue weighted by Gasteiger charge is 2.37. The van der Waals surface area contributed by atoms with Gasteiger partial charge < -0.3 is 4.74 Å². The van der Waals surface area contributed by atoms with E-state index < -0.39 is 0 Å². The van der Waals surface area contributed by atoms with Crippen molar-refractivity contribution in [2.24, 2.45) is 4.99 Å². The van der Waals surface area contributed by atoms with Crippen LogP contribution in [0.1, 0.15) is 39.2 Å². The van der Waals surface area contributed by atoms with E-state index in [2.05, 4.69) is 4.99 Å². The number of benzene rings is 2. The van der Waals surface area contributed by atoms with E-state index in [-0.39, 0.29) is 17.9 Å². The molecule has 2 aromatic carbocycles. The fourth-order valence-corrected chi connectivity index (χ4v) is 2.86. The number of carbonyl (C=O) groups is 1. The number of aliphatic imine (C=N–C) groups is 1. The molecule has 1 heterocycles. The number of carbonyl (C=O) groups excluding carboxylic acids is 1. The number of hydrogen-bond donors (Lipinski definition) is 0. The van der Waals surface area contributed by atoms with Crippen LogP contribution >= 0.6 is 0 Å². The smallest absolute Gasteiger partial charge is 0.193 e. The lowest BCUT2D eigenvalue weighted by Gasteiger charge is -2.16. The van der Waals surface area contributed by atoms with Gasteiger partial charge in [0.25, 0.3) is 0 Å². The first-order valence-corrected chi connectivity index (χ1v) is 6.26. The van der Waals surface area contributed by atoms with E-state index in [1.165, 1.54) is 6.40 Å². The van der Waals surface area contributed by atoms with E-state index in [1.54, 1.807) is 0 Å². The number of ketones is 1. The minimum absolute atomic E-state index is 0.0550. The Morgan fingerprint density at radius 1 is 0.895 bits per heavy atom. The Labute approximate surface area is 110 Å². The summed E-state index contributed by atoms with van der Waals surface area (Å²) in [6, 6.07) is 15.2. The average Bonchev–Trinajstić information content (AvgIpc) is 2.92. The van der Waals surface area contributed by atoms with E-state index in [0.29, 0.717) is 5.56 Å². The zero-order chi connectivity index (χ0) is 12.8. The molecule has 3 heteroatoms. The summed E-state index contributed by atoms with van der Waals surface area (Å²) in [5, 5.41) is 0. The normalized spacial score (nSPS) is 23.1. The molecule has 2 unspecified atom stereocenters. The summed E-state index contributed by atoms with van der Waals surface area (Å²) in [7, 11) is 0. The number of hydrogen-bond acceptors (Lipinski definition) is 3. The minimum atomic E-state index is -0.191. The maximum absolute atomic E-state index is 12.7. The fraction of sp³-hybridized carbons (Fsp3) is 0.125. The molecule has 0 amide bonds. The lowest BCUT2D eigenvalue weighted by Crippen LogP contribution is -2.07. The van der Waals surface area contributed by atoms with Crippen molar-refractivity contribution < 1.29 is 9.53 Å². The van der Waals surface area contributed by atoms with Gasteiger partial charge in [-0.25, -0.2) is 4.99 Å². The Kier molecular flexibility index (Phi) is 2.09. The highest BCUT2D eigenvalue weighted by atomic mass is 16.5. The Hall–Kier alpha value is -2.42. The number of fused-ring (bicyclic) bond motifs is 5. The molecular formula is C16H11NO2. The van der Waals surface area contributed by atoms with Gasteiger partial charge in [0, 0.05) is 16.7 Å². The lowest BCUT2D eigenvalue weighted by molar-refractivity contribution is 0.103. The second-order valence-electron chi connectivity index (χ2n) is 4.76. The van der Waals surface area contributed by atoms with Crippen LogP contribution in [0, 0.1) is 0 Å². The monoisotopic (exact) mass is 249 g/mol. The largest absolute Gasteiger partial charge is 0.473 e. The third kappa shape index (κ3) is 1.38. The molecule has 92 valence electrons. The van der Waals surface area contributed by atoms with E-state index in [4.69, 9.17) is 4.74 Å². The van der Waals surface area contributed by atoms with Gasteiger partial charge in [-0.2, -0.15) is 0 Å². The number of ether oxygens (including phenoxy) is 1. The Bertz CT molecular complexity index is 705. The maximum atomic E-state index is 12.7. The van der Waals surface area contributed by atoms with Gasteiger partial charge in [-0.3, -0.25) is 4.79 Å². The van der Waals surface area contributed by atoms with Crippen molar-refractivity contribution in [1.29, 1.82) is 0 Å². The first-order chi connectivity index (χ1) is 9.36. The molecule has 2 aliphatic rings. The molecule has 2 atom stereocenters. The summed E-state index contributed by atoms with van der Waals surface area (Å²) >= 11 is 0. The summed E-state index contributed by atoms with van der Waals surface area (Å²) < 4.78 is 5.62. The number of nitrogens with zero attached hydrogens (tertiary/aromatic N) is 1. The van der Waals surface area contributed by atoms with E-state index in [0.717, 1.165) is 16.7 Å². The van der Waals surface area contributed by atoms with Crippen LogP contribution in [-0.2, 0) is 4.74 Å². The first-order valence-electron chi connectivity index (χ1n) is 6.26. The zero-order valence-corrected chi connectivity index (χ0v) is 10.1. The summed E-state index contributed by atoms with van der Waals surface area (Å²) in [5.41, 5.74) is 3.31. The highest BCUT2D eigenvalue weighted by molar-refractivity contribution is 6.11. The van der Waals surface area contributed by atoms with Gasteiger partial charge in [0.2, 0.25) is 0 Å². The van der Waals surface area contributed by atoms with Gasteiger partial charge >= 0.3 is 0 Å². The van der Waals surface area contributed by atoms with Crippen LogP contribution in [0.5, 0.6) is 0 Å². The van der Waals surface area contributed by atoms with Crippen molar-refractivity contribution >= 4 is 12.2 Å². The van der Waals surface area contributed by atoms with Crippen LogP contribution in [0.15, 0.2) is 53.5 Å². The molecule has 0 bridgehead atoms. The molecule has 1 aliphatic heterocycles. The van der Waals surface area contributed by atoms with Crippen molar-refractivity contribution in [2.45, 2.75) is 12.1 Å². The minimum Gasteiger partial charge on any atom is -0.473 e. The molecule has 0 spiro atoms. The van der Waals surface area contributed by atoms with Crippen molar-refractivity contribution in [2.75, 3.05) is 0 Å². The van der Waals surface area contributed by atoms with Gasteiger partial charge in [0.1, 0.15) is 6.04 Å². The second-order valence-corrected chi connectivity index (χ2v) is 4.76. The molecule has 2 aromatic rings. The SMILES string of the molecule is O=C1c2ccccc2C2N=COC2c2ccccc21. The fourth-order valence-electron chi connectivity index (χ4n) is 2.86. The summed E-state index contributed by atoms with van der Waals surface area (Å²) in [5.74, 6) is 0.0550. The van der Waals surface area contributed by atoms with E-state index in [9.17, 15) is 4.79 Å². The molecule has 0 aromatic heterocycles. The van der Waals surface area contributed by atoms with Gasteiger partial charge in [-0.05, 0) is 5.56 Å². The van der Waals surface area contributed by atoms with Crippen LogP contribution in [0.25, 0.3) is 0 Å². The summed E-state index contributed by atoms with van der Waals surface area (Å²) in [6.07, 6.45) is 1.31. The third-order valence-corrected chi connectivity index (χ3v) is 3.75. The predicted octanol–water partition coefficient (Wildman–Crippen LogP) is 3.07. The molecule has 0 radical (unpaired) electrons. The van der Waals surface area contributed by atoms with Crippen LogP contribution < -0.4 is 0 Å². The topological polar surface area (TPSA) is 38.7 Å². The molecule has 3 nitrogen and oxygen atoms in total. The third-order valence-electron chi connectivity index (χ3n) is 3.75. The molecule has 4 rings (SSSR count). The zero-order valence-electron chi connectivity index (χ0n) is 10.1. The van der Waals surface area contributed by atoms with Gasteiger partial charge in [0.05, 0.1) is 0 Å². The average molecular weight is 249 g/mol. The molecule has 0 N–H and O–H groups in total. The first kappa shape index (κ1) is 10.5. The van der Waals surface area contributed by atoms with Crippen molar-refractivity contribution in [3.63, 3.8) is 0 Å². The lowest BCUT2D eigenvalue weighted by atomic mass is 9.97. The van der Waals surface area contributed by atoms with Crippen LogP contribution in [0.4, 0.5) is 0 Å². The van der Waals surface area contributed by atoms with E-state index >= 15 is 0 Å². The molecule has 0 fully saturated rings. The molecule has 19 heavy (non-hydrogen) atoms. The molecule has 0 saturated heterocycles. The summed E-state index contributed by atoms with van der Waals surface area (Å²) in [4.78, 5) is 17.0. The Balaban J connectivity index is 2.05.